The predicted molar refractivity (Wildman–Crippen MR) is 79.5 cm³/mol. The summed E-state index contributed by atoms with van der Waals surface area (Å²) >= 11 is 6.37. The molecule has 0 spiro atoms. The lowest BCUT2D eigenvalue weighted by molar-refractivity contribution is 0.398. The van der Waals surface area contributed by atoms with E-state index in [-0.39, 0.29) is 5.54 Å². The van der Waals surface area contributed by atoms with Crippen LogP contribution in [0.25, 0.3) is 11.0 Å². The highest BCUT2D eigenvalue weighted by atomic mass is 35.5. The Bertz CT molecular complexity index is 609. The Morgan fingerprint density at radius 2 is 2.00 bits per heavy atom. The van der Waals surface area contributed by atoms with Gasteiger partial charge in [-0.1, -0.05) is 30.5 Å². The van der Waals surface area contributed by atoms with Gasteiger partial charge in [-0.05, 0) is 38.8 Å². The molecule has 0 aliphatic heterocycles. The Labute approximate surface area is 118 Å². The molecule has 0 radical (unpaired) electrons. The van der Waals surface area contributed by atoms with Crippen LogP contribution in [0.4, 0.5) is 0 Å². The summed E-state index contributed by atoms with van der Waals surface area (Å²) in [5, 5.41) is 0.756. The van der Waals surface area contributed by atoms with Crippen LogP contribution in [0.1, 0.15) is 51.4 Å². The van der Waals surface area contributed by atoms with Crippen molar-refractivity contribution in [3.63, 3.8) is 0 Å². The molecule has 0 bridgehead atoms. The third-order valence-corrected chi connectivity index (χ3v) is 4.42. The van der Waals surface area contributed by atoms with Crippen molar-refractivity contribution in [1.29, 1.82) is 0 Å². The van der Waals surface area contributed by atoms with Gasteiger partial charge in [0.05, 0.1) is 21.6 Å². The SMILES string of the molecule is CC(C)n1c(C2(N)CCCC2)nc2cccc(Cl)c21. The van der Waals surface area contributed by atoms with Crippen molar-refractivity contribution in [1.82, 2.24) is 9.55 Å². The van der Waals surface area contributed by atoms with Gasteiger partial charge in [0.2, 0.25) is 0 Å². The van der Waals surface area contributed by atoms with Gasteiger partial charge in [0.15, 0.2) is 0 Å². The van der Waals surface area contributed by atoms with Crippen molar-refractivity contribution in [2.24, 2.45) is 5.73 Å². The molecule has 4 heteroatoms. The number of hydrogen-bond donors (Lipinski definition) is 1. The Morgan fingerprint density at radius 3 is 2.63 bits per heavy atom. The first-order valence-corrected chi connectivity index (χ1v) is 7.36. The molecule has 19 heavy (non-hydrogen) atoms. The number of para-hydroxylation sites is 1. The van der Waals surface area contributed by atoms with E-state index in [0.29, 0.717) is 6.04 Å². The molecule has 0 atom stereocenters. The first kappa shape index (κ1) is 12.9. The molecule has 3 nitrogen and oxygen atoms in total. The van der Waals surface area contributed by atoms with E-state index in [9.17, 15) is 0 Å². The lowest BCUT2D eigenvalue weighted by Gasteiger charge is -2.26. The minimum atomic E-state index is -0.285. The number of rotatable bonds is 2. The Hall–Kier alpha value is -1.06. The second-order valence-corrected chi connectivity index (χ2v) is 6.28. The highest BCUT2D eigenvalue weighted by molar-refractivity contribution is 6.35. The summed E-state index contributed by atoms with van der Waals surface area (Å²) in [6, 6.07) is 6.19. The van der Waals surface area contributed by atoms with Crippen LogP contribution in [0.5, 0.6) is 0 Å². The lowest BCUT2D eigenvalue weighted by Crippen LogP contribution is -2.36. The molecule has 1 fully saturated rings. The van der Waals surface area contributed by atoms with Crippen LogP contribution in [0.3, 0.4) is 0 Å². The van der Waals surface area contributed by atoms with Crippen molar-refractivity contribution >= 4 is 22.6 Å². The van der Waals surface area contributed by atoms with Crippen molar-refractivity contribution in [3.05, 3.63) is 29.0 Å². The molecular weight excluding hydrogens is 258 g/mol. The molecule has 1 aliphatic carbocycles. The Morgan fingerprint density at radius 1 is 1.32 bits per heavy atom. The molecule has 0 saturated heterocycles. The van der Waals surface area contributed by atoms with Crippen LogP contribution in [0.15, 0.2) is 18.2 Å². The number of benzene rings is 1. The van der Waals surface area contributed by atoms with Crippen LogP contribution in [-0.2, 0) is 5.54 Å². The zero-order chi connectivity index (χ0) is 13.6. The van der Waals surface area contributed by atoms with E-state index in [0.717, 1.165) is 34.7 Å². The summed E-state index contributed by atoms with van der Waals surface area (Å²) in [5.74, 6) is 1.00. The van der Waals surface area contributed by atoms with Crippen molar-refractivity contribution in [2.45, 2.75) is 51.1 Å². The standard InChI is InChI=1S/C15H20ClN3/c1-10(2)19-13-11(16)6-5-7-12(13)18-14(19)15(17)8-3-4-9-15/h5-7,10H,3-4,8-9,17H2,1-2H3. The Balaban J connectivity index is 2.30. The van der Waals surface area contributed by atoms with E-state index in [4.69, 9.17) is 22.3 Å². The van der Waals surface area contributed by atoms with Gasteiger partial charge in [-0.25, -0.2) is 4.98 Å². The molecule has 1 aliphatic rings. The van der Waals surface area contributed by atoms with E-state index in [1.54, 1.807) is 0 Å². The first-order valence-electron chi connectivity index (χ1n) is 6.99. The van der Waals surface area contributed by atoms with Crippen molar-refractivity contribution in [2.75, 3.05) is 0 Å². The molecule has 3 rings (SSSR count). The summed E-state index contributed by atoms with van der Waals surface area (Å²) in [6.07, 6.45) is 4.40. The number of nitrogens with two attached hydrogens (primary N) is 1. The molecule has 1 heterocycles. The van der Waals surface area contributed by atoms with E-state index < -0.39 is 0 Å². The fraction of sp³-hybridized carbons (Fsp3) is 0.533. The van der Waals surface area contributed by atoms with Crippen LogP contribution in [0.2, 0.25) is 5.02 Å². The topological polar surface area (TPSA) is 43.8 Å². The summed E-state index contributed by atoms with van der Waals surface area (Å²) in [5.41, 5.74) is 8.29. The average molecular weight is 278 g/mol. The molecule has 102 valence electrons. The highest BCUT2D eigenvalue weighted by Gasteiger charge is 2.37. The fourth-order valence-corrected chi connectivity index (χ4v) is 3.45. The first-order chi connectivity index (χ1) is 9.03. The summed E-state index contributed by atoms with van der Waals surface area (Å²) in [6.45, 7) is 4.32. The largest absolute Gasteiger partial charge is 0.323 e. The summed E-state index contributed by atoms with van der Waals surface area (Å²) in [4.78, 5) is 4.80. The monoisotopic (exact) mass is 277 g/mol. The van der Waals surface area contributed by atoms with Crippen LogP contribution in [-0.4, -0.2) is 9.55 Å². The second kappa shape index (κ2) is 4.50. The zero-order valence-corrected chi connectivity index (χ0v) is 12.2. The van der Waals surface area contributed by atoms with Crippen LogP contribution < -0.4 is 5.73 Å². The number of hydrogen-bond acceptors (Lipinski definition) is 2. The maximum atomic E-state index is 6.61. The van der Waals surface area contributed by atoms with Crippen molar-refractivity contribution < 1.29 is 0 Å². The van der Waals surface area contributed by atoms with Crippen LogP contribution >= 0.6 is 11.6 Å². The highest BCUT2D eigenvalue weighted by Crippen LogP contribution is 2.39. The molecule has 1 aromatic carbocycles. The van der Waals surface area contributed by atoms with Gasteiger partial charge in [-0.3, -0.25) is 0 Å². The maximum Gasteiger partial charge on any atom is 0.130 e. The number of fused-ring (bicyclic) bond motifs is 1. The van der Waals surface area contributed by atoms with Crippen molar-refractivity contribution in [3.8, 4) is 0 Å². The fourth-order valence-electron chi connectivity index (χ4n) is 3.19. The van der Waals surface area contributed by atoms with E-state index in [1.807, 2.05) is 18.2 Å². The molecule has 1 saturated carbocycles. The Kier molecular flexibility index (Phi) is 3.06. The molecule has 2 aromatic rings. The average Bonchev–Trinajstić information content (AvgIpc) is 2.94. The number of aromatic nitrogens is 2. The third kappa shape index (κ3) is 1.96. The molecule has 0 amide bonds. The van der Waals surface area contributed by atoms with Gasteiger partial charge < -0.3 is 10.3 Å². The van der Waals surface area contributed by atoms with Gasteiger partial charge in [0, 0.05) is 6.04 Å². The third-order valence-electron chi connectivity index (χ3n) is 4.12. The van der Waals surface area contributed by atoms with Gasteiger partial charge in [0.25, 0.3) is 0 Å². The van der Waals surface area contributed by atoms with Crippen LogP contribution in [0, 0.1) is 0 Å². The van der Waals surface area contributed by atoms with Gasteiger partial charge in [-0.15, -0.1) is 0 Å². The van der Waals surface area contributed by atoms with E-state index in [2.05, 4.69) is 18.4 Å². The van der Waals surface area contributed by atoms with Gasteiger partial charge >= 0.3 is 0 Å². The number of imidazole rings is 1. The maximum absolute atomic E-state index is 6.61. The predicted octanol–water partition coefficient (Wildman–Crippen LogP) is 4.00. The molecule has 0 unspecified atom stereocenters. The molecular formula is C15H20ClN3. The van der Waals surface area contributed by atoms with Gasteiger partial charge in [0.1, 0.15) is 5.82 Å². The minimum Gasteiger partial charge on any atom is -0.323 e. The zero-order valence-electron chi connectivity index (χ0n) is 11.5. The molecule has 1 aromatic heterocycles. The normalized spacial score (nSPS) is 18.6. The van der Waals surface area contributed by atoms with Gasteiger partial charge in [-0.2, -0.15) is 0 Å². The minimum absolute atomic E-state index is 0.285. The van der Waals surface area contributed by atoms with E-state index in [1.165, 1.54) is 12.8 Å². The summed E-state index contributed by atoms with van der Waals surface area (Å²) in [7, 11) is 0. The quantitative estimate of drug-likeness (QED) is 0.902. The summed E-state index contributed by atoms with van der Waals surface area (Å²) < 4.78 is 2.23. The lowest BCUT2D eigenvalue weighted by atomic mass is 9.98. The molecule has 2 N–H and O–H groups in total. The second-order valence-electron chi connectivity index (χ2n) is 5.87. The smallest absolute Gasteiger partial charge is 0.130 e. The number of halogens is 1. The van der Waals surface area contributed by atoms with E-state index >= 15 is 0 Å². The number of nitrogens with zero attached hydrogens (tertiary/aromatic N) is 2.